The average Bonchev–Trinajstić information content (AvgIpc) is 2.37. The number of hydrogen-bond acceptors (Lipinski definition) is 3. The smallest absolute Gasteiger partial charge is 0.238 e. The highest BCUT2D eigenvalue weighted by Crippen LogP contribution is 2.28. The van der Waals surface area contributed by atoms with Crippen molar-refractivity contribution in [1.82, 2.24) is 5.32 Å². The van der Waals surface area contributed by atoms with Crippen molar-refractivity contribution in [3.8, 4) is 0 Å². The standard InChI is InChI=1S/C16H26N2O2S/c1-12-9-13(2)11-15(10-12)18-8-7-14-3-5-16(6-4-14)21(17,19)20/h3-6,12-13,15,18H,7-11H2,1-2H3,(H2,17,19,20). The van der Waals surface area contributed by atoms with Crippen LogP contribution >= 0.6 is 0 Å². The first-order chi connectivity index (χ1) is 9.84. The Morgan fingerprint density at radius 2 is 1.67 bits per heavy atom. The normalized spacial score (nSPS) is 26.7. The number of primary sulfonamides is 1. The summed E-state index contributed by atoms with van der Waals surface area (Å²) in [6.45, 7) is 5.59. The van der Waals surface area contributed by atoms with Crippen LogP contribution in [0.25, 0.3) is 0 Å². The number of nitrogens with two attached hydrogens (primary N) is 1. The van der Waals surface area contributed by atoms with E-state index < -0.39 is 10.0 Å². The molecule has 1 aromatic carbocycles. The van der Waals surface area contributed by atoms with Crippen LogP contribution in [0, 0.1) is 11.8 Å². The van der Waals surface area contributed by atoms with Crippen LogP contribution in [0.4, 0.5) is 0 Å². The van der Waals surface area contributed by atoms with Crippen LogP contribution in [0.5, 0.6) is 0 Å². The predicted molar refractivity (Wildman–Crippen MR) is 85.5 cm³/mol. The van der Waals surface area contributed by atoms with Gasteiger partial charge in [-0.25, -0.2) is 13.6 Å². The van der Waals surface area contributed by atoms with Gasteiger partial charge in [0.1, 0.15) is 0 Å². The van der Waals surface area contributed by atoms with Crippen LogP contribution in [-0.4, -0.2) is 21.0 Å². The summed E-state index contributed by atoms with van der Waals surface area (Å²) >= 11 is 0. The molecular formula is C16H26N2O2S. The van der Waals surface area contributed by atoms with E-state index in [2.05, 4.69) is 19.2 Å². The summed E-state index contributed by atoms with van der Waals surface area (Å²) in [7, 11) is -3.59. The van der Waals surface area contributed by atoms with Crippen LogP contribution in [-0.2, 0) is 16.4 Å². The molecule has 1 fully saturated rings. The Bertz CT molecular complexity index is 544. The average molecular weight is 310 g/mol. The van der Waals surface area contributed by atoms with Gasteiger partial charge in [0, 0.05) is 6.04 Å². The zero-order valence-electron chi connectivity index (χ0n) is 12.9. The molecule has 0 heterocycles. The molecule has 0 aliphatic heterocycles. The van der Waals surface area contributed by atoms with Crippen molar-refractivity contribution in [2.24, 2.45) is 17.0 Å². The highest BCUT2D eigenvalue weighted by molar-refractivity contribution is 7.89. The Balaban J connectivity index is 1.81. The van der Waals surface area contributed by atoms with E-state index in [-0.39, 0.29) is 4.90 Å². The Morgan fingerprint density at radius 3 is 2.19 bits per heavy atom. The van der Waals surface area contributed by atoms with E-state index in [0.29, 0.717) is 6.04 Å². The highest BCUT2D eigenvalue weighted by atomic mass is 32.2. The van der Waals surface area contributed by atoms with E-state index in [9.17, 15) is 8.42 Å². The van der Waals surface area contributed by atoms with Gasteiger partial charge in [0.25, 0.3) is 0 Å². The maximum absolute atomic E-state index is 11.2. The van der Waals surface area contributed by atoms with Crippen molar-refractivity contribution >= 4 is 10.0 Å². The lowest BCUT2D eigenvalue weighted by molar-refractivity contribution is 0.240. The van der Waals surface area contributed by atoms with Crippen LogP contribution in [0.1, 0.15) is 38.7 Å². The van der Waals surface area contributed by atoms with Gasteiger partial charge in [-0.2, -0.15) is 0 Å². The highest BCUT2D eigenvalue weighted by Gasteiger charge is 2.23. The largest absolute Gasteiger partial charge is 0.314 e. The number of sulfonamides is 1. The molecule has 0 saturated heterocycles. The molecule has 5 heteroatoms. The number of benzene rings is 1. The molecule has 21 heavy (non-hydrogen) atoms. The van der Waals surface area contributed by atoms with Gasteiger partial charge < -0.3 is 5.32 Å². The molecule has 2 unspecified atom stereocenters. The van der Waals surface area contributed by atoms with Gasteiger partial charge in [0.05, 0.1) is 4.90 Å². The summed E-state index contributed by atoms with van der Waals surface area (Å²) in [5, 5.41) is 8.72. The monoisotopic (exact) mass is 310 g/mol. The van der Waals surface area contributed by atoms with Crippen molar-refractivity contribution in [3.05, 3.63) is 29.8 Å². The van der Waals surface area contributed by atoms with Crippen LogP contribution < -0.4 is 10.5 Å². The maximum atomic E-state index is 11.2. The second kappa shape index (κ2) is 6.90. The van der Waals surface area contributed by atoms with Crippen molar-refractivity contribution in [2.75, 3.05) is 6.54 Å². The molecule has 0 bridgehead atoms. The summed E-state index contributed by atoms with van der Waals surface area (Å²) < 4.78 is 22.4. The van der Waals surface area contributed by atoms with E-state index in [1.807, 2.05) is 12.1 Å². The minimum absolute atomic E-state index is 0.175. The molecule has 2 atom stereocenters. The third-order valence-corrected chi connectivity index (χ3v) is 5.21. The lowest BCUT2D eigenvalue weighted by atomic mass is 9.80. The molecule has 0 aromatic heterocycles. The minimum atomic E-state index is -3.59. The molecule has 1 aliphatic rings. The SMILES string of the molecule is CC1CC(C)CC(NCCc2ccc(S(N)(=O)=O)cc2)C1. The lowest BCUT2D eigenvalue weighted by Crippen LogP contribution is -2.37. The van der Waals surface area contributed by atoms with Crippen LogP contribution in [0.3, 0.4) is 0 Å². The summed E-state index contributed by atoms with van der Waals surface area (Å²) in [6, 6.07) is 7.46. The van der Waals surface area contributed by atoms with Gasteiger partial charge in [-0.1, -0.05) is 26.0 Å². The van der Waals surface area contributed by atoms with Crippen LogP contribution in [0.15, 0.2) is 29.2 Å². The summed E-state index contributed by atoms with van der Waals surface area (Å²) in [5.74, 6) is 1.61. The molecule has 1 saturated carbocycles. The third-order valence-electron chi connectivity index (χ3n) is 4.28. The van der Waals surface area contributed by atoms with Gasteiger partial charge in [0.15, 0.2) is 0 Å². The van der Waals surface area contributed by atoms with Gasteiger partial charge in [-0.15, -0.1) is 0 Å². The molecule has 3 N–H and O–H groups in total. The first-order valence-electron chi connectivity index (χ1n) is 7.69. The predicted octanol–water partition coefficient (Wildman–Crippen LogP) is 2.29. The summed E-state index contributed by atoms with van der Waals surface area (Å²) in [6.07, 6.45) is 4.76. The molecule has 118 valence electrons. The van der Waals surface area contributed by atoms with Gasteiger partial charge >= 0.3 is 0 Å². The second-order valence-electron chi connectivity index (χ2n) is 6.51. The zero-order valence-corrected chi connectivity index (χ0v) is 13.7. The molecule has 0 amide bonds. The van der Waals surface area contributed by atoms with Crippen molar-refractivity contribution in [3.63, 3.8) is 0 Å². The van der Waals surface area contributed by atoms with Gasteiger partial charge in [-0.3, -0.25) is 0 Å². The summed E-state index contributed by atoms with van der Waals surface area (Å²) in [5.41, 5.74) is 1.13. The third kappa shape index (κ3) is 5.09. The van der Waals surface area contributed by atoms with Crippen LogP contribution in [0.2, 0.25) is 0 Å². The molecule has 1 aromatic rings. The Morgan fingerprint density at radius 1 is 1.10 bits per heavy atom. The topological polar surface area (TPSA) is 72.2 Å². The fourth-order valence-electron chi connectivity index (χ4n) is 3.38. The second-order valence-corrected chi connectivity index (χ2v) is 8.07. The van der Waals surface area contributed by atoms with Crippen molar-refractivity contribution < 1.29 is 8.42 Å². The number of rotatable bonds is 5. The molecule has 2 rings (SSSR count). The van der Waals surface area contributed by atoms with Gasteiger partial charge in [-0.05, 0) is 61.8 Å². The lowest BCUT2D eigenvalue weighted by Gasteiger charge is -2.32. The van der Waals surface area contributed by atoms with E-state index in [4.69, 9.17) is 5.14 Å². The van der Waals surface area contributed by atoms with E-state index in [0.717, 1.165) is 30.4 Å². The zero-order chi connectivity index (χ0) is 15.5. The molecule has 0 spiro atoms. The van der Waals surface area contributed by atoms with E-state index in [1.54, 1.807) is 12.1 Å². The Hall–Kier alpha value is -0.910. The fraction of sp³-hybridized carbons (Fsp3) is 0.625. The van der Waals surface area contributed by atoms with E-state index in [1.165, 1.54) is 19.3 Å². The first-order valence-corrected chi connectivity index (χ1v) is 9.24. The Kier molecular flexibility index (Phi) is 5.41. The first kappa shape index (κ1) is 16.5. The van der Waals surface area contributed by atoms with Crippen molar-refractivity contribution in [2.45, 2.75) is 50.5 Å². The fourth-order valence-corrected chi connectivity index (χ4v) is 3.90. The molecule has 1 aliphatic carbocycles. The molecule has 0 radical (unpaired) electrons. The summed E-state index contributed by atoms with van der Waals surface area (Å²) in [4.78, 5) is 0.175. The molecule has 4 nitrogen and oxygen atoms in total. The van der Waals surface area contributed by atoms with Crippen molar-refractivity contribution in [1.29, 1.82) is 0 Å². The van der Waals surface area contributed by atoms with E-state index >= 15 is 0 Å². The quantitative estimate of drug-likeness (QED) is 0.876. The minimum Gasteiger partial charge on any atom is -0.314 e. The number of hydrogen-bond donors (Lipinski definition) is 2. The number of nitrogens with one attached hydrogen (secondary N) is 1. The van der Waals surface area contributed by atoms with Gasteiger partial charge in [0.2, 0.25) is 10.0 Å². The molecular weight excluding hydrogens is 284 g/mol. The Labute approximate surface area is 128 Å². The maximum Gasteiger partial charge on any atom is 0.238 e.